The van der Waals surface area contributed by atoms with Gasteiger partial charge in [0.15, 0.2) is 0 Å². The molecule has 1 amide bonds. The molecule has 24 heavy (non-hydrogen) atoms. The van der Waals surface area contributed by atoms with Crippen molar-refractivity contribution in [2.75, 3.05) is 11.9 Å². The van der Waals surface area contributed by atoms with Gasteiger partial charge in [-0.15, -0.1) is 0 Å². The molecule has 2 rings (SSSR count). The summed E-state index contributed by atoms with van der Waals surface area (Å²) in [6.45, 7) is 5.45. The number of carbonyl (C=O) groups excluding carboxylic acids is 2. The van der Waals surface area contributed by atoms with Crippen LogP contribution in [0.4, 0.5) is 10.1 Å². The van der Waals surface area contributed by atoms with Gasteiger partial charge in [0.1, 0.15) is 5.82 Å². The number of rotatable bonds is 5. The van der Waals surface area contributed by atoms with Crippen LogP contribution in [-0.2, 0) is 14.9 Å². The number of halogens is 1. The van der Waals surface area contributed by atoms with Crippen LogP contribution in [0, 0.1) is 5.82 Å². The lowest BCUT2D eigenvalue weighted by Crippen LogP contribution is -2.35. The zero-order valence-corrected chi connectivity index (χ0v) is 13.9. The first-order chi connectivity index (χ1) is 11.4. The third kappa shape index (κ3) is 3.79. The Morgan fingerprint density at radius 3 is 2.33 bits per heavy atom. The molecule has 0 bridgehead atoms. The van der Waals surface area contributed by atoms with Crippen LogP contribution in [-0.4, -0.2) is 18.5 Å². The Hall–Kier alpha value is -2.69. The highest BCUT2D eigenvalue weighted by Gasteiger charge is 2.30. The van der Waals surface area contributed by atoms with E-state index in [9.17, 15) is 14.0 Å². The molecule has 5 heteroatoms. The Morgan fingerprint density at radius 2 is 1.71 bits per heavy atom. The van der Waals surface area contributed by atoms with E-state index in [-0.39, 0.29) is 18.3 Å². The largest absolute Gasteiger partial charge is 0.462 e. The topological polar surface area (TPSA) is 55.4 Å². The molecule has 0 saturated carbocycles. The Bertz CT molecular complexity index is 739. The minimum Gasteiger partial charge on any atom is -0.462 e. The van der Waals surface area contributed by atoms with Gasteiger partial charge in [-0.3, -0.25) is 4.79 Å². The van der Waals surface area contributed by atoms with Crippen molar-refractivity contribution in [3.63, 3.8) is 0 Å². The van der Waals surface area contributed by atoms with E-state index in [1.54, 1.807) is 57.2 Å². The predicted octanol–water partition coefficient (Wildman–Crippen LogP) is 3.92. The summed E-state index contributed by atoms with van der Waals surface area (Å²) < 4.78 is 18.1. The number of amides is 1. The normalized spacial score (nSPS) is 11.0. The monoisotopic (exact) mass is 329 g/mol. The lowest BCUT2D eigenvalue weighted by atomic mass is 9.83. The molecular weight excluding hydrogens is 309 g/mol. The molecule has 0 spiro atoms. The molecule has 0 radical (unpaired) electrons. The fourth-order valence-corrected chi connectivity index (χ4v) is 2.26. The van der Waals surface area contributed by atoms with Gasteiger partial charge in [0.2, 0.25) is 5.91 Å². The van der Waals surface area contributed by atoms with E-state index in [1.165, 1.54) is 12.1 Å². The highest BCUT2D eigenvalue weighted by molar-refractivity contribution is 6.04. The van der Waals surface area contributed by atoms with Gasteiger partial charge in [-0.05, 0) is 50.6 Å². The number of anilines is 1. The van der Waals surface area contributed by atoms with Crippen LogP contribution in [0.15, 0.2) is 48.5 Å². The van der Waals surface area contributed by atoms with Gasteiger partial charge in [-0.1, -0.05) is 24.3 Å². The average molecular weight is 329 g/mol. The van der Waals surface area contributed by atoms with Gasteiger partial charge in [0, 0.05) is 0 Å². The minimum atomic E-state index is -0.893. The number of nitrogens with one attached hydrogen (secondary N) is 1. The maximum Gasteiger partial charge on any atom is 0.340 e. The molecule has 0 aliphatic carbocycles. The van der Waals surface area contributed by atoms with Crippen LogP contribution < -0.4 is 5.32 Å². The molecule has 0 unspecified atom stereocenters. The van der Waals surface area contributed by atoms with Crippen molar-refractivity contribution in [3.05, 3.63) is 65.5 Å². The van der Waals surface area contributed by atoms with Gasteiger partial charge in [-0.2, -0.15) is 0 Å². The zero-order valence-electron chi connectivity index (χ0n) is 13.9. The molecule has 0 fully saturated rings. The number of hydrogen-bond donors (Lipinski definition) is 1. The minimum absolute atomic E-state index is 0.252. The molecule has 0 aliphatic rings. The van der Waals surface area contributed by atoms with E-state index in [1.807, 2.05) is 0 Å². The summed E-state index contributed by atoms with van der Waals surface area (Å²) in [6, 6.07) is 12.5. The molecular formula is C19H20FNO3. The number of ether oxygens (including phenoxy) is 1. The third-order valence-corrected chi connectivity index (χ3v) is 3.80. The SMILES string of the molecule is CCOC(=O)c1ccccc1NC(=O)C(C)(C)c1ccc(F)cc1. The predicted molar refractivity (Wildman–Crippen MR) is 90.5 cm³/mol. The molecule has 2 aromatic carbocycles. The average Bonchev–Trinajstić information content (AvgIpc) is 2.56. The van der Waals surface area contributed by atoms with E-state index in [0.29, 0.717) is 16.8 Å². The van der Waals surface area contributed by atoms with Crippen LogP contribution in [0.5, 0.6) is 0 Å². The number of benzene rings is 2. The fraction of sp³-hybridized carbons (Fsp3) is 0.263. The molecule has 0 atom stereocenters. The van der Waals surface area contributed by atoms with Gasteiger partial charge in [0.05, 0.1) is 23.3 Å². The van der Waals surface area contributed by atoms with Gasteiger partial charge < -0.3 is 10.1 Å². The lowest BCUT2D eigenvalue weighted by Gasteiger charge is -2.24. The van der Waals surface area contributed by atoms with Crippen molar-refractivity contribution in [2.24, 2.45) is 0 Å². The summed E-state index contributed by atoms with van der Waals surface area (Å²) in [5.41, 5.74) is 0.462. The zero-order chi connectivity index (χ0) is 17.7. The first-order valence-electron chi connectivity index (χ1n) is 7.70. The first kappa shape index (κ1) is 17.7. The number of para-hydroxylation sites is 1. The Morgan fingerprint density at radius 1 is 1.08 bits per heavy atom. The summed E-state index contributed by atoms with van der Waals surface area (Å²) in [6.07, 6.45) is 0. The standard InChI is InChI=1S/C19H20FNO3/c1-4-24-17(22)15-7-5-6-8-16(15)21-18(23)19(2,3)13-9-11-14(20)12-10-13/h5-12H,4H2,1-3H3,(H,21,23). The molecule has 0 aliphatic heterocycles. The number of esters is 1. The van der Waals surface area contributed by atoms with Crippen LogP contribution in [0.2, 0.25) is 0 Å². The van der Waals surface area contributed by atoms with Gasteiger partial charge in [-0.25, -0.2) is 9.18 Å². The summed E-state index contributed by atoms with van der Waals surface area (Å²) in [5.74, 6) is -1.15. The van der Waals surface area contributed by atoms with Crippen LogP contribution >= 0.6 is 0 Å². The van der Waals surface area contributed by atoms with E-state index in [4.69, 9.17) is 4.74 Å². The molecule has 0 heterocycles. The highest BCUT2D eigenvalue weighted by Crippen LogP contribution is 2.26. The fourth-order valence-electron chi connectivity index (χ4n) is 2.26. The quantitative estimate of drug-likeness (QED) is 0.846. The van der Waals surface area contributed by atoms with Crippen LogP contribution in [0.3, 0.4) is 0 Å². The smallest absolute Gasteiger partial charge is 0.340 e. The van der Waals surface area contributed by atoms with E-state index < -0.39 is 11.4 Å². The van der Waals surface area contributed by atoms with E-state index in [2.05, 4.69) is 5.32 Å². The second-order valence-corrected chi connectivity index (χ2v) is 5.85. The van der Waals surface area contributed by atoms with Crippen LogP contribution in [0.1, 0.15) is 36.7 Å². The second-order valence-electron chi connectivity index (χ2n) is 5.85. The summed E-state index contributed by atoms with van der Waals surface area (Å²) in [5, 5.41) is 2.77. The molecule has 1 N–H and O–H groups in total. The lowest BCUT2D eigenvalue weighted by molar-refractivity contribution is -0.120. The van der Waals surface area contributed by atoms with Crippen molar-refractivity contribution in [2.45, 2.75) is 26.2 Å². The maximum absolute atomic E-state index is 13.1. The van der Waals surface area contributed by atoms with Gasteiger partial charge in [0.25, 0.3) is 0 Å². The van der Waals surface area contributed by atoms with Crippen LogP contribution in [0.25, 0.3) is 0 Å². The van der Waals surface area contributed by atoms with Crippen molar-refractivity contribution >= 4 is 17.6 Å². The Balaban J connectivity index is 2.26. The molecule has 4 nitrogen and oxygen atoms in total. The summed E-state index contributed by atoms with van der Waals surface area (Å²) >= 11 is 0. The maximum atomic E-state index is 13.1. The van der Waals surface area contributed by atoms with Crippen molar-refractivity contribution in [1.82, 2.24) is 0 Å². The molecule has 2 aromatic rings. The molecule has 0 saturated heterocycles. The second kappa shape index (κ2) is 7.25. The number of carbonyl (C=O) groups is 2. The summed E-state index contributed by atoms with van der Waals surface area (Å²) in [4.78, 5) is 24.7. The van der Waals surface area contributed by atoms with E-state index >= 15 is 0 Å². The van der Waals surface area contributed by atoms with Crippen molar-refractivity contribution in [3.8, 4) is 0 Å². The summed E-state index contributed by atoms with van der Waals surface area (Å²) in [7, 11) is 0. The number of hydrogen-bond acceptors (Lipinski definition) is 3. The van der Waals surface area contributed by atoms with Gasteiger partial charge >= 0.3 is 5.97 Å². The van der Waals surface area contributed by atoms with Crippen molar-refractivity contribution < 1.29 is 18.7 Å². The Kier molecular flexibility index (Phi) is 5.34. The van der Waals surface area contributed by atoms with Crippen molar-refractivity contribution in [1.29, 1.82) is 0 Å². The molecule has 0 aromatic heterocycles. The highest BCUT2D eigenvalue weighted by atomic mass is 19.1. The molecule has 126 valence electrons. The van der Waals surface area contributed by atoms with E-state index in [0.717, 1.165) is 0 Å². The third-order valence-electron chi connectivity index (χ3n) is 3.80. The Labute approximate surface area is 140 Å². The first-order valence-corrected chi connectivity index (χ1v) is 7.70.